The Hall–Kier alpha value is -4.26. The van der Waals surface area contributed by atoms with Crippen LogP contribution < -0.4 is 14.5 Å². The van der Waals surface area contributed by atoms with Gasteiger partial charge in [-0.25, -0.2) is 0 Å². The van der Waals surface area contributed by atoms with Crippen LogP contribution in [0.25, 0.3) is 5.76 Å². The minimum Gasteiger partial charge on any atom is -0.508 e. The first kappa shape index (κ1) is 22.5. The summed E-state index contributed by atoms with van der Waals surface area (Å²) in [6, 6.07) is 16.2. The van der Waals surface area contributed by atoms with Gasteiger partial charge in [0.05, 0.1) is 23.8 Å². The van der Waals surface area contributed by atoms with Crippen molar-refractivity contribution in [3.63, 3.8) is 0 Å². The number of aliphatic hydroxyl groups is 1. The van der Waals surface area contributed by atoms with E-state index in [0.29, 0.717) is 35.7 Å². The van der Waals surface area contributed by atoms with Gasteiger partial charge in [-0.2, -0.15) is 0 Å². The number of carbonyl (C=O) groups is 2. The van der Waals surface area contributed by atoms with Gasteiger partial charge in [-0.05, 0) is 73.0 Å². The molecule has 7 heteroatoms. The van der Waals surface area contributed by atoms with Gasteiger partial charge in [-0.1, -0.05) is 18.2 Å². The number of nitrogens with zero attached hydrogens (tertiary/aromatic N) is 2. The SMILES string of the molecule is Cc1ccc(N2C(=O)C(=O)/C(=C(\O)c3ccc4c(c3)N(C)CCO4)C2c2ccc(O)cc2)cc1C. The Kier molecular flexibility index (Phi) is 5.47. The Morgan fingerprint density at radius 2 is 1.71 bits per heavy atom. The van der Waals surface area contributed by atoms with Gasteiger partial charge in [0, 0.05) is 18.3 Å². The molecular weight excluding hydrogens is 444 g/mol. The zero-order valence-electron chi connectivity index (χ0n) is 19.8. The van der Waals surface area contributed by atoms with Crippen LogP contribution in [0.15, 0.2) is 66.2 Å². The van der Waals surface area contributed by atoms with Gasteiger partial charge in [0.25, 0.3) is 11.7 Å². The molecule has 7 nitrogen and oxygen atoms in total. The molecule has 35 heavy (non-hydrogen) atoms. The number of phenols is 1. The second-order valence-corrected chi connectivity index (χ2v) is 8.98. The molecule has 1 amide bonds. The molecule has 1 unspecified atom stereocenters. The largest absolute Gasteiger partial charge is 0.508 e. The number of anilines is 2. The Morgan fingerprint density at radius 3 is 2.43 bits per heavy atom. The monoisotopic (exact) mass is 470 g/mol. The molecule has 2 heterocycles. The van der Waals surface area contributed by atoms with E-state index in [1.807, 2.05) is 37.9 Å². The van der Waals surface area contributed by atoms with Gasteiger partial charge in [-0.3, -0.25) is 14.5 Å². The first-order valence-corrected chi connectivity index (χ1v) is 11.4. The van der Waals surface area contributed by atoms with Crippen molar-refractivity contribution in [1.82, 2.24) is 0 Å². The minimum atomic E-state index is -0.859. The summed E-state index contributed by atoms with van der Waals surface area (Å²) in [5.41, 5.74) is 4.41. The van der Waals surface area contributed by atoms with Crippen molar-refractivity contribution >= 4 is 28.8 Å². The van der Waals surface area contributed by atoms with Crippen molar-refractivity contribution < 1.29 is 24.5 Å². The summed E-state index contributed by atoms with van der Waals surface area (Å²) in [5.74, 6) is -0.975. The third kappa shape index (κ3) is 3.79. The van der Waals surface area contributed by atoms with Gasteiger partial charge < -0.3 is 19.8 Å². The zero-order valence-corrected chi connectivity index (χ0v) is 19.8. The normalized spacial score (nSPS) is 19.0. The molecule has 0 spiro atoms. The van der Waals surface area contributed by atoms with Gasteiger partial charge in [-0.15, -0.1) is 0 Å². The molecule has 5 rings (SSSR count). The van der Waals surface area contributed by atoms with Crippen LogP contribution in [0.4, 0.5) is 11.4 Å². The van der Waals surface area contributed by atoms with Crippen LogP contribution in [-0.4, -0.2) is 42.1 Å². The lowest BCUT2D eigenvalue weighted by atomic mass is 9.94. The van der Waals surface area contributed by atoms with Crippen LogP contribution >= 0.6 is 0 Å². The number of phenolic OH excluding ortho intramolecular Hbond substituents is 1. The van der Waals surface area contributed by atoms with Crippen LogP contribution in [0, 0.1) is 13.8 Å². The highest BCUT2D eigenvalue weighted by atomic mass is 16.5. The zero-order chi connectivity index (χ0) is 24.9. The number of likely N-dealkylation sites (N-methyl/N-ethyl adjacent to an activating group) is 1. The molecule has 0 bridgehead atoms. The lowest BCUT2D eigenvalue weighted by Crippen LogP contribution is -2.29. The average molecular weight is 471 g/mol. The number of Topliss-reactive ketones (excluding diaryl/α,β-unsaturated/α-hetero) is 1. The highest BCUT2D eigenvalue weighted by Gasteiger charge is 2.47. The van der Waals surface area contributed by atoms with E-state index in [9.17, 15) is 19.8 Å². The van der Waals surface area contributed by atoms with E-state index in [1.165, 1.54) is 17.0 Å². The maximum absolute atomic E-state index is 13.4. The Balaban J connectivity index is 1.70. The second-order valence-electron chi connectivity index (χ2n) is 8.98. The molecule has 2 aliphatic rings. The summed E-state index contributed by atoms with van der Waals surface area (Å²) in [6.07, 6.45) is 0. The number of benzene rings is 3. The number of rotatable bonds is 3. The fourth-order valence-electron chi connectivity index (χ4n) is 4.60. The number of ketones is 1. The maximum Gasteiger partial charge on any atom is 0.300 e. The summed E-state index contributed by atoms with van der Waals surface area (Å²) >= 11 is 0. The Bertz CT molecular complexity index is 1380. The quantitative estimate of drug-likeness (QED) is 0.334. The van der Waals surface area contributed by atoms with Crippen molar-refractivity contribution in [1.29, 1.82) is 0 Å². The fourth-order valence-corrected chi connectivity index (χ4v) is 4.60. The highest BCUT2D eigenvalue weighted by Crippen LogP contribution is 2.43. The molecule has 3 aromatic rings. The molecule has 0 saturated carbocycles. The number of aromatic hydroxyl groups is 1. The van der Waals surface area contributed by atoms with E-state index in [1.54, 1.807) is 36.4 Å². The first-order chi connectivity index (χ1) is 16.8. The van der Waals surface area contributed by atoms with E-state index in [4.69, 9.17) is 4.74 Å². The fraction of sp³-hybridized carbons (Fsp3) is 0.214. The predicted octanol–water partition coefficient (Wildman–Crippen LogP) is 4.46. The smallest absolute Gasteiger partial charge is 0.300 e. The van der Waals surface area contributed by atoms with Crippen LogP contribution in [0.1, 0.15) is 28.3 Å². The first-order valence-electron chi connectivity index (χ1n) is 11.4. The van der Waals surface area contributed by atoms with Gasteiger partial charge in [0.1, 0.15) is 23.9 Å². The summed E-state index contributed by atoms with van der Waals surface area (Å²) in [6.45, 7) is 5.18. The van der Waals surface area contributed by atoms with Crippen molar-refractivity contribution in [2.75, 3.05) is 30.0 Å². The lowest BCUT2D eigenvalue weighted by Gasteiger charge is -2.28. The summed E-state index contributed by atoms with van der Waals surface area (Å²) in [4.78, 5) is 30.1. The summed E-state index contributed by atoms with van der Waals surface area (Å²) in [5, 5.41) is 21.2. The number of fused-ring (bicyclic) bond motifs is 1. The Morgan fingerprint density at radius 1 is 0.971 bits per heavy atom. The molecule has 2 aliphatic heterocycles. The van der Waals surface area contributed by atoms with Crippen molar-refractivity contribution in [2.24, 2.45) is 0 Å². The third-order valence-electron chi connectivity index (χ3n) is 6.75. The molecule has 178 valence electrons. The molecule has 2 N–H and O–H groups in total. The third-order valence-corrected chi connectivity index (χ3v) is 6.75. The van der Waals surface area contributed by atoms with Gasteiger partial charge in [0.15, 0.2) is 0 Å². The number of carbonyl (C=O) groups excluding carboxylic acids is 2. The van der Waals surface area contributed by atoms with Gasteiger partial charge >= 0.3 is 0 Å². The van der Waals surface area contributed by atoms with Gasteiger partial charge in [0.2, 0.25) is 0 Å². The highest BCUT2D eigenvalue weighted by molar-refractivity contribution is 6.51. The molecule has 0 aromatic heterocycles. The van der Waals surface area contributed by atoms with E-state index in [2.05, 4.69) is 0 Å². The van der Waals surface area contributed by atoms with Crippen LogP contribution in [-0.2, 0) is 9.59 Å². The summed E-state index contributed by atoms with van der Waals surface area (Å²) in [7, 11) is 1.93. The molecular formula is C28H26N2O5. The molecule has 1 atom stereocenters. The summed E-state index contributed by atoms with van der Waals surface area (Å²) < 4.78 is 5.70. The number of amides is 1. The second kappa shape index (κ2) is 8.51. The van der Waals surface area contributed by atoms with Crippen LogP contribution in [0.5, 0.6) is 11.5 Å². The number of ether oxygens (including phenoxy) is 1. The molecule has 1 saturated heterocycles. The predicted molar refractivity (Wildman–Crippen MR) is 134 cm³/mol. The van der Waals surface area contributed by atoms with Crippen LogP contribution in [0.3, 0.4) is 0 Å². The standard InChI is InChI=1S/C28H26N2O5/c1-16-4-8-20(14-17(16)2)30-25(18-5-9-21(31)10-6-18)24(27(33)28(30)34)26(32)19-7-11-23-22(15-19)29(3)12-13-35-23/h4-11,14-15,25,31-32H,12-13H2,1-3H3/b26-24-. The van der Waals surface area contributed by atoms with E-state index < -0.39 is 17.7 Å². The molecule has 3 aromatic carbocycles. The van der Waals surface area contributed by atoms with Crippen molar-refractivity contribution in [3.05, 3.63) is 88.5 Å². The van der Waals surface area contributed by atoms with E-state index in [-0.39, 0.29) is 17.1 Å². The van der Waals surface area contributed by atoms with Crippen LogP contribution in [0.2, 0.25) is 0 Å². The Labute approximate surface area is 203 Å². The number of aliphatic hydroxyl groups excluding tert-OH is 1. The number of hydrogen-bond acceptors (Lipinski definition) is 6. The molecule has 1 fully saturated rings. The number of aryl methyl sites for hydroxylation is 2. The van der Waals surface area contributed by atoms with E-state index >= 15 is 0 Å². The molecule has 0 radical (unpaired) electrons. The number of hydrogen-bond donors (Lipinski definition) is 2. The minimum absolute atomic E-state index is 0.00162. The van der Waals surface area contributed by atoms with Crippen molar-refractivity contribution in [3.8, 4) is 11.5 Å². The average Bonchev–Trinajstić information content (AvgIpc) is 3.11. The topological polar surface area (TPSA) is 90.3 Å². The molecule has 0 aliphatic carbocycles. The van der Waals surface area contributed by atoms with E-state index in [0.717, 1.165) is 16.8 Å². The maximum atomic E-state index is 13.4. The van der Waals surface area contributed by atoms with Crippen molar-refractivity contribution in [2.45, 2.75) is 19.9 Å². The lowest BCUT2D eigenvalue weighted by molar-refractivity contribution is -0.132.